The van der Waals surface area contributed by atoms with Crippen LogP contribution in [0.2, 0.25) is 0 Å². The second-order valence-corrected chi connectivity index (χ2v) is 3.69. The molecule has 0 aliphatic carbocycles. The van der Waals surface area contributed by atoms with Crippen LogP contribution >= 0.6 is 0 Å². The Hall–Kier alpha value is -1.55. The van der Waals surface area contributed by atoms with Crippen molar-refractivity contribution in [3.05, 3.63) is 31.0 Å². The number of nitrogens with zero attached hydrogens (tertiary/aromatic N) is 2. The van der Waals surface area contributed by atoms with Gasteiger partial charge in [-0.15, -0.1) is 0 Å². The van der Waals surface area contributed by atoms with Crippen molar-refractivity contribution < 1.29 is 4.74 Å². The molecule has 0 radical (unpaired) electrons. The predicted octanol–water partition coefficient (Wildman–Crippen LogP) is 1.06. The van der Waals surface area contributed by atoms with Gasteiger partial charge in [0.25, 0.3) is 0 Å². The summed E-state index contributed by atoms with van der Waals surface area (Å²) in [7, 11) is 0. The zero-order valence-electron chi connectivity index (χ0n) is 9.35. The van der Waals surface area contributed by atoms with Crippen LogP contribution in [0.5, 0.6) is 5.75 Å². The highest BCUT2D eigenvalue weighted by molar-refractivity contribution is 5.44. The van der Waals surface area contributed by atoms with Crippen molar-refractivity contribution in [1.82, 2.24) is 10.3 Å². The molecular weight excluding hydrogens is 202 g/mol. The van der Waals surface area contributed by atoms with Gasteiger partial charge in [0, 0.05) is 38.4 Å². The molecule has 1 aliphatic rings. The van der Waals surface area contributed by atoms with E-state index in [9.17, 15) is 0 Å². The van der Waals surface area contributed by atoms with Crippen molar-refractivity contribution in [1.29, 1.82) is 0 Å². The van der Waals surface area contributed by atoms with Crippen LogP contribution in [0.1, 0.15) is 0 Å². The third-order valence-electron chi connectivity index (χ3n) is 2.53. The van der Waals surface area contributed by atoms with Crippen LogP contribution in [0.3, 0.4) is 0 Å². The van der Waals surface area contributed by atoms with E-state index in [1.807, 2.05) is 12.1 Å². The standard InChI is InChI=1S/C12H17N3O/c1-2-9-16-11-3-4-14-12(10-11)15-7-5-13-6-8-15/h2-4,10,13H,1,5-9H2. The third kappa shape index (κ3) is 2.73. The van der Waals surface area contributed by atoms with Crippen molar-refractivity contribution >= 4 is 5.82 Å². The number of ether oxygens (including phenoxy) is 1. The Balaban J connectivity index is 2.05. The lowest BCUT2D eigenvalue weighted by atomic mass is 10.3. The molecule has 0 bridgehead atoms. The van der Waals surface area contributed by atoms with E-state index in [4.69, 9.17) is 4.74 Å². The topological polar surface area (TPSA) is 37.4 Å². The molecular formula is C12H17N3O. The first-order valence-electron chi connectivity index (χ1n) is 5.55. The van der Waals surface area contributed by atoms with Gasteiger partial charge in [0.2, 0.25) is 0 Å². The smallest absolute Gasteiger partial charge is 0.132 e. The van der Waals surface area contributed by atoms with Crippen LogP contribution in [0.25, 0.3) is 0 Å². The van der Waals surface area contributed by atoms with Crippen LogP contribution in [0.15, 0.2) is 31.0 Å². The number of hydrogen-bond donors (Lipinski definition) is 1. The molecule has 0 aromatic carbocycles. The minimum absolute atomic E-state index is 0.533. The predicted molar refractivity (Wildman–Crippen MR) is 65.0 cm³/mol. The van der Waals surface area contributed by atoms with Crippen LogP contribution < -0.4 is 15.0 Å². The van der Waals surface area contributed by atoms with Gasteiger partial charge in [-0.1, -0.05) is 12.7 Å². The summed E-state index contributed by atoms with van der Waals surface area (Å²) in [6.07, 6.45) is 3.53. The second-order valence-electron chi connectivity index (χ2n) is 3.69. The highest BCUT2D eigenvalue weighted by Gasteiger charge is 2.11. The second kappa shape index (κ2) is 5.51. The Morgan fingerprint density at radius 3 is 3.06 bits per heavy atom. The van der Waals surface area contributed by atoms with Crippen LogP contribution in [0, 0.1) is 0 Å². The van der Waals surface area contributed by atoms with Crippen LogP contribution in [0.4, 0.5) is 5.82 Å². The number of anilines is 1. The third-order valence-corrected chi connectivity index (χ3v) is 2.53. The molecule has 1 N–H and O–H groups in total. The first-order valence-corrected chi connectivity index (χ1v) is 5.55. The molecule has 16 heavy (non-hydrogen) atoms. The van der Waals surface area contributed by atoms with E-state index >= 15 is 0 Å². The average Bonchev–Trinajstić information content (AvgIpc) is 2.38. The highest BCUT2D eigenvalue weighted by atomic mass is 16.5. The van der Waals surface area contributed by atoms with E-state index in [1.54, 1.807) is 12.3 Å². The van der Waals surface area contributed by atoms with Gasteiger partial charge in [-0.25, -0.2) is 4.98 Å². The van der Waals surface area contributed by atoms with E-state index in [-0.39, 0.29) is 0 Å². The maximum Gasteiger partial charge on any atom is 0.132 e. The van der Waals surface area contributed by atoms with Gasteiger partial charge >= 0.3 is 0 Å². The maximum absolute atomic E-state index is 5.49. The number of hydrogen-bond acceptors (Lipinski definition) is 4. The first-order chi connectivity index (χ1) is 7.90. The van der Waals surface area contributed by atoms with E-state index in [0.29, 0.717) is 6.61 Å². The lowest BCUT2D eigenvalue weighted by Crippen LogP contribution is -2.43. The monoisotopic (exact) mass is 219 g/mol. The Kier molecular flexibility index (Phi) is 3.77. The Morgan fingerprint density at radius 1 is 1.50 bits per heavy atom. The highest BCUT2D eigenvalue weighted by Crippen LogP contribution is 2.18. The Bertz CT molecular complexity index is 348. The van der Waals surface area contributed by atoms with Gasteiger partial charge in [-0.3, -0.25) is 0 Å². The van der Waals surface area contributed by atoms with E-state index in [2.05, 4.69) is 21.8 Å². The molecule has 4 nitrogen and oxygen atoms in total. The molecule has 1 saturated heterocycles. The number of piperazine rings is 1. The molecule has 1 aromatic rings. The van der Waals surface area contributed by atoms with Gasteiger partial charge < -0.3 is 15.0 Å². The van der Waals surface area contributed by atoms with Crippen molar-refractivity contribution in [2.45, 2.75) is 0 Å². The van der Waals surface area contributed by atoms with Crippen molar-refractivity contribution in [3.63, 3.8) is 0 Å². The molecule has 2 heterocycles. The summed E-state index contributed by atoms with van der Waals surface area (Å²) in [5, 5.41) is 3.32. The molecule has 1 aromatic heterocycles. The molecule has 0 atom stereocenters. The van der Waals surface area contributed by atoms with Gasteiger partial charge in [-0.05, 0) is 6.07 Å². The van der Waals surface area contributed by atoms with E-state index < -0.39 is 0 Å². The summed E-state index contributed by atoms with van der Waals surface area (Å²) in [5.74, 6) is 1.84. The molecule has 0 saturated carbocycles. The Labute approximate surface area is 95.9 Å². The zero-order chi connectivity index (χ0) is 11.2. The maximum atomic E-state index is 5.49. The minimum Gasteiger partial charge on any atom is -0.489 e. The molecule has 0 amide bonds. The number of nitrogens with one attached hydrogen (secondary N) is 1. The van der Waals surface area contributed by atoms with Crippen molar-refractivity contribution in [3.8, 4) is 5.75 Å². The normalized spacial score (nSPS) is 15.9. The fraction of sp³-hybridized carbons (Fsp3) is 0.417. The van der Waals surface area contributed by atoms with Gasteiger partial charge in [0.1, 0.15) is 18.2 Å². The minimum atomic E-state index is 0.533. The number of pyridine rings is 1. The van der Waals surface area contributed by atoms with E-state index in [1.165, 1.54) is 0 Å². The number of aromatic nitrogens is 1. The largest absolute Gasteiger partial charge is 0.489 e. The Morgan fingerprint density at radius 2 is 2.31 bits per heavy atom. The lowest BCUT2D eigenvalue weighted by molar-refractivity contribution is 0.362. The number of rotatable bonds is 4. The summed E-state index contributed by atoms with van der Waals surface area (Å²) in [6, 6.07) is 3.85. The quantitative estimate of drug-likeness (QED) is 0.768. The molecule has 2 rings (SSSR count). The average molecular weight is 219 g/mol. The molecule has 1 aliphatic heterocycles. The van der Waals surface area contributed by atoms with Crippen LogP contribution in [-0.2, 0) is 0 Å². The molecule has 1 fully saturated rings. The van der Waals surface area contributed by atoms with Crippen molar-refractivity contribution in [2.24, 2.45) is 0 Å². The fourth-order valence-corrected chi connectivity index (χ4v) is 1.71. The molecule has 0 spiro atoms. The van der Waals surface area contributed by atoms with Gasteiger partial charge in [0.05, 0.1) is 0 Å². The van der Waals surface area contributed by atoms with Gasteiger partial charge in [0.15, 0.2) is 0 Å². The first kappa shape index (κ1) is 11.0. The lowest BCUT2D eigenvalue weighted by Gasteiger charge is -2.28. The van der Waals surface area contributed by atoms with Crippen LogP contribution in [-0.4, -0.2) is 37.8 Å². The SMILES string of the molecule is C=CCOc1ccnc(N2CCNCC2)c1. The summed E-state index contributed by atoms with van der Waals surface area (Å²) < 4.78 is 5.49. The molecule has 86 valence electrons. The summed E-state index contributed by atoms with van der Waals surface area (Å²) in [4.78, 5) is 6.62. The summed E-state index contributed by atoms with van der Waals surface area (Å²) in [5.41, 5.74) is 0. The van der Waals surface area contributed by atoms with E-state index in [0.717, 1.165) is 37.7 Å². The molecule has 4 heteroatoms. The summed E-state index contributed by atoms with van der Waals surface area (Å²) >= 11 is 0. The fourth-order valence-electron chi connectivity index (χ4n) is 1.71. The van der Waals surface area contributed by atoms with Crippen molar-refractivity contribution in [2.75, 3.05) is 37.7 Å². The summed E-state index contributed by atoms with van der Waals surface area (Å²) in [6.45, 7) is 8.18. The molecule has 0 unspecified atom stereocenters. The van der Waals surface area contributed by atoms with Gasteiger partial charge in [-0.2, -0.15) is 0 Å². The zero-order valence-corrected chi connectivity index (χ0v) is 9.35.